The molecule has 0 fully saturated rings. The van der Waals surface area contributed by atoms with Gasteiger partial charge in [0.15, 0.2) is 0 Å². The van der Waals surface area contributed by atoms with Crippen LogP contribution in [0.2, 0.25) is 0 Å². The van der Waals surface area contributed by atoms with Crippen LogP contribution in [0, 0.1) is 6.92 Å². The quantitative estimate of drug-likeness (QED) is 0.750. The molecule has 0 saturated heterocycles. The van der Waals surface area contributed by atoms with Gasteiger partial charge in [0.05, 0.1) is 18.7 Å². The number of aromatic nitrogens is 1. The van der Waals surface area contributed by atoms with Crippen molar-refractivity contribution in [2.45, 2.75) is 13.3 Å². The summed E-state index contributed by atoms with van der Waals surface area (Å²) in [6.45, 7) is 4.02. The number of para-hydroxylation sites is 1. The largest absolute Gasteiger partial charge is 0.394 e. The number of nitrogens with zero attached hydrogens (tertiary/aromatic N) is 1. The number of nitrogens with one attached hydrogen (secondary N) is 1. The highest BCUT2D eigenvalue weighted by molar-refractivity contribution is 5.81. The van der Waals surface area contributed by atoms with Gasteiger partial charge in [-0.15, -0.1) is 0 Å². The van der Waals surface area contributed by atoms with E-state index >= 15 is 0 Å². The van der Waals surface area contributed by atoms with Gasteiger partial charge in [-0.25, -0.2) is 4.98 Å². The Labute approximate surface area is 113 Å². The Morgan fingerprint density at radius 1 is 1.26 bits per heavy atom. The van der Waals surface area contributed by atoms with E-state index in [1.54, 1.807) is 0 Å². The number of rotatable bonds is 7. The molecule has 0 aliphatic carbocycles. The number of aliphatic hydroxyl groups is 1. The molecule has 0 aliphatic heterocycles. The molecule has 1 aromatic heterocycles. The molecule has 0 amide bonds. The third-order valence-corrected chi connectivity index (χ3v) is 2.91. The van der Waals surface area contributed by atoms with E-state index in [1.165, 1.54) is 0 Å². The van der Waals surface area contributed by atoms with Gasteiger partial charge in [0.2, 0.25) is 0 Å². The smallest absolute Gasteiger partial charge is 0.129 e. The first kappa shape index (κ1) is 13.8. The fourth-order valence-corrected chi connectivity index (χ4v) is 1.95. The minimum absolute atomic E-state index is 0.0821. The Morgan fingerprint density at radius 3 is 2.95 bits per heavy atom. The van der Waals surface area contributed by atoms with Crippen LogP contribution in [0.5, 0.6) is 0 Å². The maximum Gasteiger partial charge on any atom is 0.129 e. The summed E-state index contributed by atoms with van der Waals surface area (Å²) in [7, 11) is 0. The van der Waals surface area contributed by atoms with Crippen molar-refractivity contribution in [1.82, 2.24) is 4.98 Å². The molecule has 102 valence electrons. The lowest BCUT2D eigenvalue weighted by Gasteiger charge is -2.10. The van der Waals surface area contributed by atoms with Gasteiger partial charge in [-0.2, -0.15) is 0 Å². The fraction of sp³-hybridized carbons (Fsp3) is 0.400. The molecule has 19 heavy (non-hydrogen) atoms. The molecule has 2 aromatic rings. The highest BCUT2D eigenvalue weighted by Gasteiger charge is 2.02. The van der Waals surface area contributed by atoms with Crippen LogP contribution in [0.3, 0.4) is 0 Å². The molecule has 0 bridgehead atoms. The second-order valence-electron chi connectivity index (χ2n) is 4.46. The monoisotopic (exact) mass is 260 g/mol. The number of pyridine rings is 1. The predicted octanol–water partition coefficient (Wildman–Crippen LogP) is 2.35. The Hall–Kier alpha value is -1.65. The van der Waals surface area contributed by atoms with Crippen LogP contribution in [-0.4, -0.2) is 36.5 Å². The second-order valence-corrected chi connectivity index (χ2v) is 4.46. The van der Waals surface area contributed by atoms with Crippen molar-refractivity contribution in [3.63, 3.8) is 0 Å². The van der Waals surface area contributed by atoms with Crippen molar-refractivity contribution in [3.05, 3.63) is 35.9 Å². The first-order valence-corrected chi connectivity index (χ1v) is 6.60. The maximum absolute atomic E-state index is 8.59. The molecule has 1 aromatic carbocycles. The zero-order valence-electron chi connectivity index (χ0n) is 11.2. The molecule has 4 nitrogen and oxygen atoms in total. The van der Waals surface area contributed by atoms with Gasteiger partial charge in [-0.05, 0) is 31.0 Å². The van der Waals surface area contributed by atoms with E-state index in [1.807, 2.05) is 18.2 Å². The molecule has 0 spiro atoms. The van der Waals surface area contributed by atoms with Crippen LogP contribution < -0.4 is 5.32 Å². The molecule has 0 radical (unpaired) electrons. The summed E-state index contributed by atoms with van der Waals surface area (Å²) < 4.78 is 5.21. The Bertz CT molecular complexity index is 529. The van der Waals surface area contributed by atoms with Gasteiger partial charge in [0.25, 0.3) is 0 Å². The van der Waals surface area contributed by atoms with Gasteiger partial charge >= 0.3 is 0 Å². The lowest BCUT2D eigenvalue weighted by Crippen LogP contribution is -2.09. The Balaban J connectivity index is 1.91. The SMILES string of the molecule is Cc1cc2ccccc2nc1NCCCOCCO. The third kappa shape index (κ3) is 3.91. The van der Waals surface area contributed by atoms with Crippen LogP contribution in [0.25, 0.3) is 10.9 Å². The van der Waals surface area contributed by atoms with Crippen LogP contribution in [0.4, 0.5) is 5.82 Å². The molecule has 2 rings (SSSR count). The van der Waals surface area contributed by atoms with E-state index in [4.69, 9.17) is 9.84 Å². The summed E-state index contributed by atoms with van der Waals surface area (Å²) in [4.78, 5) is 4.62. The van der Waals surface area contributed by atoms with E-state index in [-0.39, 0.29) is 6.61 Å². The van der Waals surface area contributed by atoms with Gasteiger partial charge < -0.3 is 15.2 Å². The summed E-state index contributed by atoms with van der Waals surface area (Å²) in [6.07, 6.45) is 0.897. The standard InChI is InChI=1S/C15H20N2O2/c1-12-11-13-5-2-3-6-14(13)17-15(12)16-7-4-9-19-10-8-18/h2-3,5-6,11,18H,4,7-10H2,1H3,(H,16,17). The van der Waals surface area contributed by atoms with Crippen molar-refractivity contribution in [2.24, 2.45) is 0 Å². The summed E-state index contributed by atoms with van der Waals surface area (Å²) in [5, 5.41) is 13.1. The van der Waals surface area contributed by atoms with Crippen molar-refractivity contribution < 1.29 is 9.84 Å². The topological polar surface area (TPSA) is 54.4 Å². The third-order valence-electron chi connectivity index (χ3n) is 2.91. The van der Waals surface area contributed by atoms with Crippen molar-refractivity contribution in [1.29, 1.82) is 0 Å². The second kappa shape index (κ2) is 7.07. The number of hydrogen-bond donors (Lipinski definition) is 2. The van der Waals surface area contributed by atoms with E-state index in [2.05, 4.69) is 29.4 Å². The number of fused-ring (bicyclic) bond motifs is 1. The molecule has 1 heterocycles. The number of hydrogen-bond acceptors (Lipinski definition) is 4. The first-order chi connectivity index (χ1) is 9.31. The van der Waals surface area contributed by atoms with Crippen LogP contribution in [-0.2, 0) is 4.74 Å². The minimum Gasteiger partial charge on any atom is -0.394 e. The van der Waals surface area contributed by atoms with E-state index in [0.717, 1.165) is 35.2 Å². The Morgan fingerprint density at radius 2 is 2.11 bits per heavy atom. The van der Waals surface area contributed by atoms with Gasteiger partial charge in [-0.1, -0.05) is 18.2 Å². The maximum atomic E-state index is 8.59. The van der Waals surface area contributed by atoms with Crippen LogP contribution >= 0.6 is 0 Å². The molecular formula is C15H20N2O2. The molecular weight excluding hydrogens is 240 g/mol. The molecule has 0 saturated carbocycles. The summed E-state index contributed by atoms with van der Waals surface area (Å²) in [6, 6.07) is 10.3. The van der Waals surface area contributed by atoms with E-state index < -0.39 is 0 Å². The minimum atomic E-state index is 0.0821. The molecule has 0 atom stereocenters. The zero-order valence-corrected chi connectivity index (χ0v) is 11.2. The summed E-state index contributed by atoms with van der Waals surface area (Å²) >= 11 is 0. The van der Waals surface area contributed by atoms with Crippen molar-refractivity contribution in [3.8, 4) is 0 Å². The molecule has 0 aliphatic rings. The lowest BCUT2D eigenvalue weighted by molar-refractivity contribution is 0.0922. The van der Waals surface area contributed by atoms with Crippen LogP contribution in [0.1, 0.15) is 12.0 Å². The van der Waals surface area contributed by atoms with Crippen molar-refractivity contribution >= 4 is 16.7 Å². The zero-order chi connectivity index (χ0) is 13.5. The van der Waals surface area contributed by atoms with Gasteiger partial charge in [-0.3, -0.25) is 0 Å². The van der Waals surface area contributed by atoms with Gasteiger partial charge in [0, 0.05) is 18.5 Å². The average Bonchev–Trinajstić information content (AvgIpc) is 2.43. The van der Waals surface area contributed by atoms with Crippen molar-refractivity contribution in [2.75, 3.05) is 31.7 Å². The molecule has 4 heteroatoms. The number of aryl methyl sites for hydroxylation is 1. The molecule has 2 N–H and O–H groups in total. The number of anilines is 1. The normalized spacial score (nSPS) is 10.8. The number of aliphatic hydroxyl groups excluding tert-OH is 1. The van der Waals surface area contributed by atoms with Crippen LogP contribution in [0.15, 0.2) is 30.3 Å². The summed E-state index contributed by atoms with van der Waals surface area (Å²) in [5.41, 5.74) is 2.15. The lowest BCUT2D eigenvalue weighted by atomic mass is 10.1. The summed E-state index contributed by atoms with van der Waals surface area (Å²) in [5.74, 6) is 0.931. The van der Waals surface area contributed by atoms with E-state index in [0.29, 0.717) is 13.2 Å². The average molecular weight is 260 g/mol. The van der Waals surface area contributed by atoms with E-state index in [9.17, 15) is 0 Å². The first-order valence-electron chi connectivity index (χ1n) is 6.60. The Kier molecular flexibility index (Phi) is 5.12. The fourth-order valence-electron chi connectivity index (χ4n) is 1.95. The molecule has 0 unspecified atom stereocenters. The number of ether oxygens (including phenoxy) is 1. The van der Waals surface area contributed by atoms with Gasteiger partial charge in [0.1, 0.15) is 5.82 Å². The predicted molar refractivity (Wildman–Crippen MR) is 77.5 cm³/mol. The number of benzene rings is 1. The highest BCUT2D eigenvalue weighted by atomic mass is 16.5. The highest BCUT2D eigenvalue weighted by Crippen LogP contribution is 2.19.